The lowest BCUT2D eigenvalue weighted by molar-refractivity contribution is -0.115. The molecule has 1 atom stereocenters. The van der Waals surface area contributed by atoms with Crippen LogP contribution in [0.4, 0.5) is 11.4 Å². The van der Waals surface area contributed by atoms with Gasteiger partial charge < -0.3 is 15.2 Å². The second-order valence-corrected chi connectivity index (χ2v) is 8.18. The maximum absolute atomic E-state index is 12.7. The van der Waals surface area contributed by atoms with Gasteiger partial charge in [0.2, 0.25) is 11.8 Å². The Morgan fingerprint density at radius 3 is 2.27 bits per heavy atom. The molecule has 3 aromatic rings. The lowest BCUT2D eigenvalue weighted by atomic mass is 10.1. The van der Waals surface area contributed by atoms with E-state index in [2.05, 4.69) is 20.8 Å². The average molecular weight is 424 g/mol. The Morgan fingerprint density at radius 2 is 1.67 bits per heavy atom. The molecule has 0 bridgehead atoms. The molecule has 0 aliphatic heterocycles. The Morgan fingerprint density at radius 1 is 1.03 bits per heavy atom. The topological polar surface area (TPSA) is 88.9 Å². The van der Waals surface area contributed by atoms with E-state index in [1.165, 1.54) is 18.7 Å². The third kappa shape index (κ3) is 5.07. The number of rotatable bonds is 7. The zero-order valence-corrected chi connectivity index (χ0v) is 18.3. The molecule has 0 saturated heterocycles. The first-order valence-electron chi connectivity index (χ1n) is 9.73. The van der Waals surface area contributed by atoms with Crippen molar-refractivity contribution in [1.82, 2.24) is 14.8 Å². The lowest BCUT2D eigenvalue weighted by Gasteiger charge is -2.13. The third-order valence-electron chi connectivity index (χ3n) is 4.54. The fourth-order valence-electron chi connectivity index (χ4n) is 2.98. The van der Waals surface area contributed by atoms with E-state index in [1.54, 1.807) is 24.3 Å². The fraction of sp³-hybridized carbons (Fsp3) is 0.273. The molecule has 2 N–H and O–H groups in total. The van der Waals surface area contributed by atoms with E-state index in [1.807, 2.05) is 49.6 Å². The van der Waals surface area contributed by atoms with Crippen LogP contribution < -0.4 is 10.6 Å². The van der Waals surface area contributed by atoms with E-state index in [-0.39, 0.29) is 17.1 Å². The summed E-state index contributed by atoms with van der Waals surface area (Å²) in [5.74, 6) is 0.538. The maximum atomic E-state index is 12.7. The highest BCUT2D eigenvalue weighted by Gasteiger charge is 2.21. The molecule has 2 amide bonds. The van der Waals surface area contributed by atoms with Crippen LogP contribution in [0.25, 0.3) is 11.4 Å². The predicted molar refractivity (Wildman–Crippen MR) is 121 cm³/mol. The van der Waals surface area contributed by atoms with Gasteiger partial charge in [-0.25, -0.2) is 0 Å². The molecule has 0 aliphatic carbocycles. The monoisotopic (exact) mass is 423 g/mol. The second kappa shape index (κ2) is 9.58. The van der Waals surface area contributed by atoms with Crippen molar-refractivity contribution in [1.29, 1.82) is 0 Å². The number of nitrogens with one attached hydrogen (secondary N) is 2. The van der Waals surface area contributed by atoms with E-state index >= 15 is 0 Å². The number of aromatic nitrogens is 3. The largest absolute Gasteiger partial charge is 0.326 e. The fourth-order valence-corrected chi connectivity index (χ4v) is 3.89. The van der Waals surface area contributed by atoms with Crippen molar-refractivity contribution in [2.75, 3.05) is 10.6 Å². The Balaban J connectivity index is 1.70. The number of aryl methyl sites for hydroxylation is 1. The molecule has 0 aliphatic rings. The van der Waals surface area contributed by atoms with Crippen molar-refractivity contribution in [3.05, 3.63) is 54.1 Å². The summed E-state index contributed by atoms with van der Waals surface area (Å²) >= 11 is 1.38. The molecule has 1 heterocycles. The molecule has 1 aromatic heterocycles. The van der Waals surface area contributed by atoms with E-state index in [9.17, 15) is 9.59 Å². The lowest BCUT2D eigenvalue weighted by Crippen LogP contribution is -2.23. The van der Waals surface area contributed by atoms with Gasteiger partial charge in [0.25, 0.3) is 0 Å². The zero-order chi connectivity index (χ0) is 21.7. The second-order valence-electron chi connectivity index (χ2n) is 6.87. The molecule has 0 fully saturated rings. The predicted octanol–water partition coefficient (Wildman–Crippen LogP) is 4.35. The maximum Gasteiger partial charge on any atom is 0.237 e. The summed E-state index contributed by atoms with van der Waals surface area (Å²) < 4.78 is 2.03. The first-order chi connectivity index (χ1) is 14.4. The van der Waals surface area contributed by atoms with Crippen LogP contribution in [0.5, 0.6) is 0 Å². The van der Waals surface area contributed by atoms with Crippen LogP contribution in [0, 0.1) is 6.92 Å². The molecule has 0 saturated carbocycles. The van der Waals surface area contributed by atoms with Crippen molar-refractivity contribution in [3.8, 4) is 11.4 Å². The summed E-state index contributed by atoms with van der Waals surface area (Å²) in [6, 6.07) is 15.1. The van der Waals surface area contributed by atoms with Crippen molar-refractivity contribution < 1.29 is 9.59 Å². The highest BCUT2D eigenvalue weighted by molar-refractivity contribution is 8.00. The Hall–Kier alpha value is -3.13. The Labute approximate surface area is 180 Å². The quantitative estimate of drug-likeness (QED) is 0.552. The molecule has 156 valence electrons. The Kier molecular flexibility index (Phi) is 6.89. The highest BCUT2D eigenvalue weighted by Crippen LogP contribution is 2.29. The van der Waals surface area contributed by atoms with E-state index < -0.39 is 0 Å². The minimum absolute atomic E-state index is 0.129. The van der Waals surface area contributed by atoms with Crippen molar-refractivity contribution >= 4 is 35.0 Å². The number of nitrogens with zero attached hydrogens (tertiary/aromatic N) is 3. The molecule has 2 aromatic carbocycles. The van der Waals surface area contributed by atoms with Crippen LogP contribution >= 0.6 is 11.8 Å². The van der Waals surface area contributed by atoms with Crippen LogP contribution in [-0.4, -0.2) is 31.8 Å². The molecular formula is C22H25N5O2S. The van der Waals surface area contributed by atoms with Crippen LogP contribution in [0.15, 0.2) is 53.7 Å². The standard InChI is InChI=1S/C22H25N5O2S/c1-5-27-20(19-9-7-6-8-14(19)2)25-26-22(27)30-15(3)21(29)24-18-12-10-17(11-13-18)23-16(4)28/h6-13,15H,5H2,1-4H3,(H,23,28)(H,24,29)/t15-/m1/s1. The zero-order valence-electron chi connectivity index (χ0n) is 17.5. The van der Waals surface area contributed by atoms with Crippen LogP contribution in [-0.2, 0) is 16.1 Å². The summed E-state index contributed by atoms with van der Waals surface area (Å²) in [5.41, 5.74) is 3.52. The van der Waals surface area contributed by atoms with Gasteiger partial charge in [-0.15, -0.1) is 10.2 Å². The number of carbonyl (C=O) groups is 2. The van der Waals surface area contributed by atoms with Crippen molar-refractivity contribution in [2.45, 2.75) is 44.6 Å². The number of hydrogen-bond acceptors (Lipinski definition) is 5. The van der Waals surface area contributed by atoms with Gasteiger partial charge in [-0.05, 0) is 50.6 Å². The molecule has 7 nitrogen and oxygen atoms in total. The summed E-state index contributed by atoms with van der Waals surface area (Å²) in [6.07, 6.45) is 0. The first-order valence-corrected chi connectivity index (χ1v) is 10.6. The third-order valence-corrected chi connectivity index (χ3v) is 5.62. The van der Waals surface area contributed by atoms with Crippen LogP contribution in [0.3, 0.4) is 0 Å². The molecule has 3 rings (SSSR count). The minimum Gasteiger partial charge on any atom is -0.326 e. The van der Waals surface area contributed by atoms with Crippen LogP contribution in [0.2, 0.25) is 0 Å². The van der Waals surface area contributed by atoms with Crippen LogP contribution in [0.1, 0.15) is 26.3 Å². The number of carbonyl (C=O) groups excluding carboxylic acids is 2. The summed E-state index contributed by atoms with van der Waals surface area (Å²) in [4.78, 5) is 23.8. The van der Waals surface area contributed by atoms with Gasteiger partial charge in [-0.3, -0.25) is 9.59 Å². The number of anilines is 2. The van der Waals surface area contributed by atoms with Gasteiger partial charge >= 0.3 is 0 Å². The van der Waals surface area contributed by atoms with Crippen molar-refractivity contribution in [2.24, 2.45) is 0 Å². The number of benzene rings is 2. The van der Waals surface area contributed by atoms with E-state index in [4.69, 9.17) is 0 Å². The number of thioether (sulfide) groups is 1. The van der Waals surface area contributed by atoms with Gasteiger partial charge in [0, 0.05) is 30.4 Å². The summed E-state index contributed by atoms with van der Waals surface area (Å²) in [6.45, 7) is 8.08. The molecule has 0 radical (unpaired) electrons. The Bertz CT molecular complexity index is 1050. The molecule has 0 unspecified atom stereocenters. The van der Waals surface area contributed by atoms with Gasteiger partial charge in [0.05, 0.1) is 5.25 Å². The minimum atomic E-state index is -0.362. The number of hydrogen-bond donors (Lipinski definition) is 2. The molecule has 30 heavy (non-hydrogen) atoms. The van der Waals surface area contributed by atoms with Gasteiger partial charge in [-0.2, -0.15) is 0 Å². The molecular weight excluding hydrogens is 398 g/mol. The SMILES string of the molecule is CCn1c(S[C@H](C)C(=O)Nc2ccc(NC(C)=O)cc2)nnc1-c1ccccc1C. The summed E-state index contributed by atoms with van der Waals surface area (Å²) in [5, 5.41) is 14.6. The van der Waals surface area contributed by atoms with Gasteiger partial charge in [-0.1, -0.05) is 36.0 Å². The van der Waals surface area contributed by atoms with E-state index in [0.29, 0.717) is 23.1 Å². The molecule has 8 heteroatoms. The van der Waals surface area contributed by atoms with Gasteiger partial charge in [0.1, 0.15) is 0 Å². The first kappa shape index (κ1) is 21.6. The smallest absolute Gasteiger partial charge is 0.237 e. The summed E-state index contributed by atoms with van der Waals surface area (Å²) in [7, 11) is 0. The average Bonchev–Trinajstić information content (AvgIpc) is 3.11. The normalized spacial score (nSPS) is 11.7. The van der Waals surface area contributed by atoms with Crippen molar-refractivity contribution in [3.63, 3.8) is 0 Å². The van der Waals surface area contributed by atoms with Gasteiger partial charge in [0.15, 0.2) is 11.0 Å². The van der Waals surface area contributed by atoms with E-state index in [0.717, 1.165) is 17.0 Å². The number of amides is 2. The molecule has 0 spiro atoms. The highest BCUT2D eigenvalue weighted by atomic mass is 32.2.